The van der Waals surface area contributed by atoms with E-state index in [0.717, 1.165) is 11.1 Å². The van der Waals surface area contributed by atoms with Gasteiger partial charge in [-0.15, -0.1) is 0 Å². The van der Waals surface area contributed by atoms with E-state index in [1.165, 1.54) is 0 Å². The van der Waals surface area contributed by atoms with Gasteiger partial charge in [0.15, 0.2) is 6.61 Å². The second-order valence-corrected chi connectivity index (χ2v) is 4.77. The van der Waals surface area contributed by atoms with Gasteiger partial charge in [0.2, 0.25) is 5.78 Å². The third kappa shape index (κ3) is 2.72. The standard InChI is InChI=1S/C16H16N2O2/c1-11-7-13(9-17)8-12(2)16(11)20-10-15(19)14-5-4-6-18(14)3/h4-8H,10H2,1-3H3. The number of carbonyl (C=O) groups excluding carboxylic acids is 1. The number of hydrogen-bond donors (Lipinski definition) is 0. The highest BCUT2D eigenvalue weighted by molar-refractivity contribution is 5.95. The number of hydrogen-bond acceptors (Lipinski definition) is 3. The lowest BCUT2D eigenvalue weighted by molar-refractivity contribution is 0.0912. The minimum Gasteiger partial charge on any atom is -0.485 e. The number of rotatable bonds is 4. The number of carbonyl (C=O) groups is 1. The smallest absolute Gasteiger partial charge is 0.216 e. The molecule has 0 spiro atoms. The van der Waals surface area contributed by atoms with Crippen molar-refractivity contribution in [2.24, 2.45) is 7.05 Å². The van der Waals surface area contributed by atoms with Crippen molar-refractivity contribution in [2.75, 3.05) is 6.61 Å². The average molecular weight is 268 g/mol. The molecule has 1 aromatic heterocycles. The van der Waals surface area contributed by atoms with E-state index >= 15 is 0 Å². The molecule has 1 heterocycles. The van der Waals surface area contributed by atoms with Crippen molar-refractivity contribution in [2.45, 2.75) is 13.8 Å². The Morgan fingerprint density at radius 2 is 2.00 bits per heavy atom. The summed E-state index contributed by atoms with van der Waals surface area (Å²) in [6.45, 7) is 3.73. The van der Waals surface area contributed by atoms with E-state index in [4.69, 9.17) is 10.00 Å². The van der Waals surface area contributed by atoms with Gasteiger partial charge in [0.05, 0.1) is 17.3 Å². The van der Waals surface area contributed by atoms with E-state index in [0.29, 0.717) is 17.0 Å². The van der Waals surface area contributed by atoms with Gasteiger partial charge in [0.25, 0.3) is 0 Å². The van der Waals surface area contributed by atoms with Gasteiger partial charge in [0, 0.05) is 13.2 Å². The monoisotopic (exact) mass is 268 g/mol. The summed E-state index contributed by atoms with van der Waals surface area (Å²) in [5, 5.41) is 8.90. The van der Waals surface area contributed by atoms with E-state index in [9.17, 15) is 4.79 Å². The number of Topliss-reactive ketones (excluding diaryl/α,β-unsaturated/α-hetero) is 1. The first-order valence-corrected chi connectivity index (χ1v) is 6.31. The molecule has 0 aliphatic heterocycles. The Hall–Kier alpha value is -2.54. The molecule has 0 radical (unpaired) electrons. The molecule has 0 saturated heterocycles. The third-order valence-electron chi connectivity index (χ3n) is 3.17. The molecule has 2 aromatic rings. The van der Waals surface area contributed by atoms with Gasteiger partial charge < -0.3 is 9.30 Å². The summed E-state index contributed by atoms with van der Waals surface area (Å²) in [5.74, 6) is 0.604. The van der Waals surface area contributed by atoms with Crippen molar-refractivity contribution in [1.82, 2.24) is 4.57 Å². The number of nitriles is 1. The minimum atomic E-state index is -0.0688. The second-order valence-electron chi connectivity index (χ2n) is 4.77. The molecule has 0 saturated carbocycles. The highest BCUT2D eigenvalue weighted by atomic mass is 16.5. The molecule has 0 N–H and O–H groups in total. The molecule has 4 nitrogen and oxygen atoms in total. The maximum absolute atomic E-state index is 12.0. The van der Waals surface area contributed by atoms with Gasteiger partial charge in [-0.1, -0.05) is 0 Å². The van der Waals surface area contributed by atoms with E-state index < -0.39 is 0 Å². The largest absolute Gasteiger partial charge is 0.485 e. The molecule has 0 unspecified atom stereocenters. The molecule has 0 atom stereocenters. The average Bonchev–Trinajstić information content (AvgIpc) is 2.83. The number of benzene rings is 1. The molecule has 0 amide bonds. The summed E-state index contributed by atoms with van der Waals surface area (Å²) in [7, 11) is 1.82. The molecule has 0 bridgehead atoms. The third-order valence-corrected chi connectivity index (χ3v) is 3.17. The zero-order valence-corrected chi connectivity index (χ0v) is 11.8. The van der Waals surface area contributed by atoms with E-state index in [2.05, 4.69) is 6.07 Å². The van der Waals surface area contributed by atoms with E-state index in [-0.39, 0.29) is 12.4 Å². The maximum Gasteiger partial charge on any atom is 0.216 e. The highest BCUT2D eigenvalue weighted by Crippen LogP contribution is 2.24. The van der Waals surface area contributed by atoms with Crippen LogP contribution in [-0.2, 0) is 7.05 Å². The summed E-state index contributed by atoms with van der Waals surface area (Å²) >= 11 is 0. The maximum atomic E-state index is 12.0. The van der Waals surface area contributed by atoms with Crippen LogP contribution in [0, 0.1) is 25.2 Å². The minimum absolute atomic E-state index is 0.00850. The van der Waals surface area contributed by atoms with Gasteiger partial charge in [0.1, 0.15) is 5.75 Å². The predicted molar refractivity (Wildman–Crippen MR) is 75.9 cm³/mol. The van der Waals surface area contributed by atoms with Crippen LogP contribution in [0.5, 0.6) is 5.75 Å². The number of nitrogens with zero attached hydrogens (tertiary/aromatic N) is 2. The van der Waals surface area contributed by atoms with Crippen LogP contribution in [0.2, 0.25) is 0 Å². The quantitative estimate of drug-likeness (QED) is 0.801. The molecule has 0 aliphatic rings. The molecule has 1 aromatic carbocycles. The first kappa shape index (κ1) is 13.9. The van der Waals surface area contributed by atoms with Crippen molar-refractivity contribution >= 4 is 5.78 Å². The molecule has 0 fully saturated rings. The molecule has 102 valence electrons. The lowest BCUT2D eigenvalue weighted by Gasteiger charge is -2.12. The molecule has 4 heteroatoms. The van der Waals surface area contributed by atoms with Gasteiger partial charge in [-0.05, 0) is 49.2 Å². The van der Waals surface area contributed by atoms with Crippen LogP contribution in [0.3, 0.4) is 0 Å². The van der Waals surface area contributed by atoms with Crippen LogP contribution < -0.4 is 4.74 Å². The number of ether oxygens (including phenoxy) is 1. The molecular weight excluding hydrogens is 252 g/mol. The van der Waals surface area contributed by atoms with Gasteiger partial charge in [-0.25, -0.2) is 0 Å². The van der Waals surface area contributed by atoms with Crippen LogP contribution >= 0.6 is 0 Å². The molecule has 0 aliphatic carbocycles. The Labute approximate surface area is 118 Å². The topological polar surface area (TPSA) is 55.0 Å². The number of aromatic nitrogens is 1. The molecular formula is C16H16N2O2. The van der Waals surface area contributed by atoms with Crippen molar-refractivity contribution in [1.29, 1.82) is 5.26 Å². The van der Waals surface area contributed by atoms with Gasteiger partial charge in [-0.2, -0.15) is 5.26 Å². The van der Waals surface area contributed by atoms with E-state index in [1.54, 1.807) is 22.8 Å². The first-order chi connectivity index (χ1) is 9.52. The van der Waals surface area contributed by atoms with Gasteiger partial charge in [-0.3, -0.25) is 4.79 Å². The highest BCUT2D eigenvalue weighted by Gasteiger charge is 2.12. The van der Waals surface area contributed by atoms with Crippen molar-refractivity contribution < 1.29 is 9.53 Å². The molecule has 20 heavy (non-hydrogen) atoms. The number of aryl methyl sites for hydroxylation is 3. The van der Waals surface area contributed by atoms with E-state index in [1.807, 2.05) is 33.2 Å². The first-order valence-electron chi connectivity index (χ1n) is 6.31. The van der Waals surface area contributed by atoms with Crippen LogP contribution in [-0.4, -0.2) is 17.0 Å². The zero-order valence-electron chi connectivity index (χ0n) is 11.8. The second kappa shape index (κ2) is 5.62. The van der Waals surface area contributed by atoms with Gasteiger partial charge >= 0.3 is 0 Å². The fourth-order valence-corrected chi connectivity index (χ4v) is 2.20. The zero-order chi connectivity index (χ0) is 14.7. The number of ketones is 1. The lowest BCUT2D eigenvalue weighted by Crippen LogP contribution is -2.15. The Bertz CT molecular complexity index is 670. The summed E-state index contributed by atoms with van der Waals surface area (Å²) in [5.41, 5.74) is 2.94. The Kier molecular flexibility index (Phi) is 3.90. The SMILES string of the molecule is Cc1cc(C#N)cc(C)c1OCC(=O)c1cccn1C. The fourth-order valence-electron chi connectivity index (χ4n) is 2.20. The summed E-state index contributed by atoms with van der Waals surface area (Å²) in [6, 6.07) is 9.22. The Morgan fingerprint density at radius 1 is 1.35 bits per heavy atom. The van der Waals surface area contributed by atoms with Crippen LogP contribution in [0.25, 0.3) is 0 Å². The lowest BCUT2D eigenvalue weighted by atomic mass is 10.1. The summed E-state index contributed by atoms with van der Waals surface area (Å²) in [4.78, 5) is 12.0. The van der Waals surface area contributed by atoms with Crippen LogP contribution in [0.15, 0.2) is 30.5 Å². The van der Waals surface area contributed by atoms with Crippen molar-refractivity contribution in [3.8, 4) is 11.8 Å². The van der Waals surface area contributed by atoms with Crippen LogP contribution in [0.4, 0.5) is 0 Å². The summed E-state index contributed by atoms with van der Waals surface area (Å²) < 4.78 is 7.40. The summed E-state index contributed by atoms with van der Waals surface area (Å²) in [6.07, 6.45) is 1.82. The Balaban J connectivity index is 2.14. The van der Waals surface area contributed by atoms with Crippen molar-refractivity contribution in [3.63, 3.8) is 0 Å². The molecule has 2 rings (SSSR count). The normalized spacial score (nSPS) is 10.1. The van der Waals surface area contributed by atoms with Crippen LogP contribution in [0.1, 0.15) is 27.2 Å². The fraction of sp³-hybridized carbons (Fsp3) is 0.250. The predicted octanol–water partition coefficient (Wildman–Crippen LogP) is 2.78. The Morgan fingerprint density at radius 3 is 2.50 bits per heavy atom. The van der Waals surface area contributed by atoms with Crippen molar-refractivity contribution in [3.05, 3.63) is 52.8 Å².